The molecule has 0 radical (unpaired) electrons. The largest absolute Gasteiger partial charge is 0.478 e. The molecule has 170 valence electrons. The summed E-state index contributed by atoms with van der Waals surface area (Å²) < 4.78 is 49.6. The Bertz CT molecular complexity index is 1300. The first-order valence-electron chi connectivity index (χ1n) is 8.51. The number of sulfonamides is 2. The molecule has 0 bridgehead atoms. The van der Waals surface area contributed by atoms with Crippen molar-refractivity contribution in [3.63, 3.8) is 0 Å². The number of amides is 1. The van der Waals surface area contributed by atoms with E-state index >= 15 is 0 Å². The van der Waals surface area contributed by atoms with Crippen LogP contribution in [0.2, 0.25) is 0 Å². The van der Waals surface area contributed by atoms with Crippen molar-refractivity contribution in [2.24, 2.45) is 0 Å². The molecule has 2 aromatic rings. The maximum Gasteiger partial charge on any atom is 0.337 e. The number of aliphatic carboxylic acids is 1. The van der Waals surface area contributed by atoms with Crippen LogP contribution in [0.1, 0.15) is 22.8 Å². The normalized spacial score (nSPS) is 11.9. The van der Waals surface area contributed by atoms with Gasteiger partial charge in [-0.2, -0.15) is 0 Å². The standard InChI is InChI=1S/C18H17N3O9S2/c1-11(22)19-16-8-7-14(10-15(16)18(25)26)32(29,30)21-20-31(27,28)13-5-2-12(3-6-13)4-9-17(23)24/h2-10,20-21H,1H3,(H,19,22)(H,23,24)(H,25,26)/b9-4+. The van der Waals surface area contributed by atoms with Crippen LogP contribution in [-0.2, 0) is 29.6 Å². The first-order valence-corrected chi connectivity index (χ1v) is 11.5. The van der Waals surface area contributed by atoms with E-state index in [-0.39, 0.29) is 10.6 Å². The second-order valence-electron chi connectivity index (χ2n) is 6.15. The highest BCUT2D eigenvalue weighted by molar-refractivity contribution is 7.92. The van der Waals surface area contributed by atoms with Gasteiger partial charge in [0, 0.05) is 13.0 Å². The van der Waals surface area contributed by atoms with Crippen molar-refractivity contribution >= 4 is 49.7 Å². The van der Waals surface area contributed by atoms with Crippen LogP contribution >= 0.6 is 0 Å². The van der Waals surface area contributed by atoms with E-state index in [0.717, 1.165) is 43.3 Å². The number of anilines is 1. The molecule has 2 rings (SSSR count). The lowest BCUT2D eigenvalue weighted by Gasteiger charge is -2.12. The fraction of sp³-hybridized carbons (Fsp3) is 0.0556. The average Bonchev–Trinajstić information content (AvgIpc) is 2.71. The minimum Gasteiger partial charge on any atom is -0.478 e. The number of hydrazine groups is 1. The number of rotatable bonds is 9. The third-order valence-corrected chi connectivity index (χ3v) is 6.40. The summed E-state index contributed by atoms with van der Waals surface area (Å²) in [7, 11) is -8.88. The fourth-order valence-corrected chi connectivity index (χ4v) is 4.45. The summed E-state index contributed by atoms with van der Waals surface area (Å²) in [5.74, 6) is -3.27. The Morgan fingerprint density at radius 1 is 0.844 bits per heavy atom. The SMILES string of the molecule is CC(=O)Nc1ccc(S(=O)(=O)NNS(=O)(=O)c2ccc(/C=C/C(=O)O)cc2)cc1C(=O)O. The van der Waals surface area contributed by atoms with Crippen LogP contribution in [0, 0.1) is 0 Å². The van der Waals surface area contributed by atoms with Crippen LogP contribution < -0.4 is 15.0 Å². The van der Waals surface area contributed by atoms with Gasteiger partial charge in [0.1, 0.15) is 0 Å². The maximum atomic E-state index is 12.4. The Morgan fingerprint density at radius 2 is 1.38 bits per heavy atom. The zero-order chi connectivity index (χ0) is 24.1. The summed E-state index contributed by atoms with van der Waals surface area (Å²) in [6, 6.07) is 7.67. The molecule has 0 aliphatic rings. The lowest BCUT2D eigenvalue weighted by molar-refractivity contribution is -0.131. The minimum atomic E-state index is -4.52. The van der Waals surface area contributed by atoms with E-state index in [0.29, 0.717) is 5.56 Å². The van der Waals surface area contributed by atoms with Gasteiger partial charge in [-0.25, -0.2) is 26.4 Å². The average molecular weight is 483 g/mol. The van der Waals surface area contributed by atoms with Crippen molar-refractivity contribution in [1.29, 1.82) is 0 Å². The van der Waals surface area contributed by atoms with Crippen molar-refractivity contribution in [1.82, 2.24) is 9.66 Å². The number of carbonyl (C=O) groups is 3. The van der Waals surface area contributed by atoms with Crippen LogP contribution in [-0.4, -0.2) is 44.9 Å². The van der Waals surface area contributed by atoms with E-state index in [2.05, 4.69) is 5.32 Å². The fourth-order valence-electron chi connectivity index (χ4n) is 2.32. The van der Waals surface area contributed by atoms with Crippen molar-refractivity contribution in [3.8, 4) is 0 Å². The highest BCUT2D eigenvalue weighted by Gasteiger charge is 2.22. The summed E-state index contributed by atoms with van der Waals surface area (Å²) in [5, 5.41) is 20.1. The number of hydrogen-bond donors (Lipinski definition) is 5. The van der Waals surface area contributed by atoms with Crippen molar-refractivity contribution in [2.45, 2.75) is 16.7 Å². The highest BCUT2D eigenvalue weighted by Crippen LogP contribution is 2.21. The first-order chi connectivity index (χ1) is 14.8. The molecule has 0 atom stereocenters. The topological polar surface area (TPSA) is 196 Å². The van der Waals surface area contributed by atoms with Crippen LogP contribution in [0.15, 0.2) is 58.3 Å². The lowest BCUT2D eigenvalue weighted by Crippen LogP contribution is -2.41. The van der Waals surface area contributed by atoms with Crippen LogP contribution in [0.4, 0.5) is 5.69 Å². The van der Waals surface area contributed by atoms with Gasteiger partial charge in [0.25, 0.3) is 20.0 Å². The number of benzene rings is 2. The van der Waals surface area contributed by atoms with Gasteiger partial charge in [-0.1, -0.05) is 12.1 Å². The quantitative estimate of drug-likeness (QED) is 0.251. The van der Waals surface area contributed by atoms with Gasteiger partial charge in [-0.15, -0.1) is 9.66 Å². The smallest absolute Gasteiger partial charge is 0.337 e. The molecule has 0 fully saturated rings. The number of nitrogens with one attached hydrogen (secondary N) is 3. The summed E-state index contributed by atoms with van der Waals surface area (Å²) in [6.45, 7) is 1.14. The monoisotopic (exact) mass is 483 g/mol. The first kappa shape index (κ1) is 24.7. The summed E-state index contributed by atoms with van der Waals surface area (Å²) in [6.07, 6.45) is 2.10. The van der Waals surface area contributed by atoms with Crippen molar-refractivity contribution in [3.05, 3.63) is 59.7 Å². The number of aromatic carboxylic acids is 1. The van der Waals surface area contributed by atoms with Gasteiger partial charge in [0.15, 0.2) is 0 Å². The molecule has 0 aliphatic heterocycles. The second-order valence-corrected chi connectivity index (χ2v) is 9.51. The Morgan fingerprint density at radius 3 is 1.88 bits per heavy atom. The van der Waals surface area contributed by atoms with Crippen LogP contribution in [0.3, 0.4) is 0 Å². The Hall–Kier alpha value is -3.59. The summed E-state index contributed by atoms with van der Waals surface area (Å²) in [5.41, 5.74) is -0.259. The zero-order valence-corrected chi connectivity index (χ0v) is 17.9. The highest BCUT2D eigenvalue weighted by atomic mass is 32.2. The van der Waals surface area contributed by atoms with E-state index in [1.165, 1.54) is 18.2 Å². The molecule has 12 nitrogen and oxygen atoms in total. The molecule has 5 N–H and O–H groups in total. The van der Waals surface area contributed by atoms with E-state index in [9.17, 15) is 36.3 Å². The Labute approximate surface area is 182 Å². The molecule has 1 amide bonds. The molecule has 32 heavy (non-hydrogen) atoms. The molecule has 0 heterocycles. The predicted octanol–water partition coefficient (Wildman–Crippen LogP) is 0.613. The van der Waals surface area contributed by atoms with Gasteiger partial charge in [-0.3, -0.25) is 4.79 Å². The van der Waals surface area contributed by atoms with E-state index in [4.69, 9.17) is 5.11 Å². The predicted molar refractivity (Wildman–Crippen MR) is 111 cm³/mol. The molecule has 0 spiro atoms. The number of hydrogen-bond acceptors (Lipinski definition) is 7. The minimum absolute atomic E-state index is 0.137. The molecule has 0 aliphatic carbocycles. The summed E-state index contributed by atoms with van der Waals surface area (Å²) >= 11 is 0. The lowest BCUT2D eigenvalue weighted by atomic mass is 10.2. The van der Waals surface area contributed by atoms with E-state index < -0.39 is 48.4 Å². The summed E-state index contributed by atoms with van der Waals surface area (Å²) in [4.78, 5) is 35.5. The number of carboxylic acids is 2. The third-order valence-electron chi connectivity index (χ3n) is 3.76. The second kappa shape index (κ2) is 9.69. The van der Waals surface area contributed by atoms with E-state index in [1.54, 1.807) is 9.66 Å². The third kappa shape index (κ3) is 6.45. The van der Waals surface area contributed by atoms with Crippen LogP contribution in [0.25, 0.3) is 6.08 Å². The molecule has 0 saturated carbocycles. The van der Waals surface area contributed by atoms with Crippen molar-refractivity contribution in [2.75, 3.05) is 5.32 Å². The molecular formula is C18H17N3O9S2. The van der Waals surface area contributed by atoms with Gasteiger partial charge >= 0.3 is 11.9 Å². The van der Waals surface area contributed by atoms with Crippen LogP contribution in [0.5, 0.6) is 0 Å². The van der Waals surface area contributed by atoms with Gasteiger partial charge in [0.05, 0.1) is 21.0 Å². The zero-order valence-electron chi connectivity index (χ0n) is 16.3. The molecule has 2 aromatic carbocycles. The number of carboxylic acid groups (broad SMARTS) is 2. The van der Waals surface area contributed by atoms with Gasteiger partial charge < -0.3 is 15.5 Å². The Balaban J connectivity index is 2.23. The number of carbonyl (C=O) groups excluding carboxylic acids is 1. The molecule has 0 saturated heterocycles. The van der Waals surface area contributed by atoms with Gasteiger partial charge in [-0.05, 0) is 42.0 Å². The Kier molecular flexibility index (Phi) is 7.48. The molecular weight excluding hydrogens is 466 g/mol. The van der Waals surface area contributed by atoms with Crippen molar-refractivity contribution < 1.29 is 41.4 Å². The van der Waals surface area contributed by atoms with Gasteiger partial charge in [0.2, 0.25) is 5.91 Å². The molecule has 0 unspecified atom stereocenters. The van der Waals surface area contributed by atoms with E-state index in [1.807, 2.05) is 0 Å². The molecule has 14 heteroatoms. The maximum absolute atomic E-state index is 12.4. The molecule has 0 aromatic heterocycles.